The van der Waals surface area contributed by atoms with Crippen LogP contribution in [-0.2, 0) is 28.7 Å². The molecule has 0 heterocycles. The van der Waals surface area contributed by atoms with Crippen molar-refractivity contribution in [2.75, 3.05) is 6.61 Å². The van der Waals surface area contributed by atoms with Crippen LogP contribution in [0.15, 0.2) is 23.8 Å². The van der Waals surface area contributed by atoms with Crippen molar-refractivity contribution in [2.45, 2.75) is 83.8 Å². The number of carbonyl (C=O) groups is 4. The fraction of sp³-hybridized carbons (Fsp3) is 0.714. The number of allylic oxidation sites excluding steroid dienone is 4. The number of aliphatic hydroxyl groups is 1. The van der Waals surface area contributed by atoms with Crippen molar-refractivity contribution < 1.29 is 33.8 Å². The van der Waals surface area contributed by atoms with Crippen molar-refractivity contribution in [1.82, 2.24) is 0 Å². The van der Waals surface area contributed by atoms with Gasteiger partial charge in [0.25, 0.3) is 0 Å². The highest BCUT2D eigenvalue weighted by Gasteiger charge is 2.73. The first-order valence-corrected chi connectivity index (χ1v) is 13.5. The Hall–Kier alpha value is -1.99. The molecule has 0 spiro atoms. The SMILES string of the molecule is CCC(=O)OCC(=O)[C@@]1(OC(=O)CC)[C@H](C)C[C@@H]2[C@@H]3[C@H]([C@@H](O)C[C@@]21C)[C@]1(C)C=CC(=O)C=C1C[C@@H]3Cl. The highest BCUT2D eigenvalue weighted by molar-refractivity contribution is 6.21. The monoisotopic (exact) mass is 520 g/mol. The minimum absolute atomic E-state index is 0.0767. The number of hydrogen-bond acceptors (Lipinski definition) is 7. The molecule has 0 bridgehead atoms. The van der Waals surface area contributed by atoms with Crippen molar-refractivity contribution in [1.29, 1.82) is 0 Å². The fourth-order valence-corrected chi connectivity index (χ4v) is 8.54. The third kappa shape index (κ3) is 3.80. The number of aliphatic hydroxyl groups excluding tert-OH is 1. The van der Waals surface area contributed by atoms with Gasteiger partial charge in [0.1, 0.15) is 0 Å². The second kappa shape index (κ2) is 9.39. The van der Waals surface area contributed by atoms with Crippen LogP contribution in [0.2, 0.25) is 0 Å². The maximum absolute atomic E-state index is 13.9. The third-order valence-corrected chi connectivity index (χ3v) is 10.1. The zero-order valence-electron chi connectivity index (χ0n) is 21.7. The number of rotatable bonds is 6. The van der Waals surface area contributed by atoms with Gasteiger partial charge in [0, 0.05) is 40.9 Å². The van der Waals surface area contributed by atoms with E-state index in [0.717, 1.165) is 5.57 Å². The normalized spacial score (nSPS) is 43.1. The van der Waals surface area contributed by atoms with Crippen LogP contribution in [0.3, 0.4) is 0 Å². The molecule has 0 unspecified atom stereocenters. The third-order valence-electron chi connectivity index (χ3n) is 9.65. The molecule has 0 aromatic carbocycles. The predicted octanol–water partition coefficient (Wildman–Crippen LogP) is 3.94. The second-order valence-electron chi connectivity index (χ2n) is 11.4. The minimum Gasteiger partial charge on any atom is -0.457 e. The first kappa shape index (κ1) is 27.1. The number of hydrogen-bond donors (Lipinski definition) is 1. The second-order valence-corrected chi connectivity index (χ2v) is 12.0. The number of ketones is 2. The van der Waals surface area contributed by atoms with Gasteiger partial charge in [-0.25, -0.2) is 0 Å². The Morgan fingerprint density at radius 3 is 2.47 bits per heavy atom. The number of alkyl halides is 1. The van der Waals surface area contributed by atoms with Gasteiger partial charge in [0.2, 0.25) is 5.78 Å². The summed E-state index contributed by atoms with van der Waals surface area (Å²) < 4.78 is 11.3. The van der Waals surface area contributed by atoms with Gasteiger partial charge in [-0.3, -0.25) is 19.2 Å². The van der Waals surface area contributed by atoms with E-state index in [4.69, 9.17) is 21.1 Å². The molecule has 4 rings (SSSR count). The predicted molar refractivity (Wildman–Crippen MR) is 133 cm³/mol. The molecule has 4 aliphatic rings. The summed E-state index contributed by atoms with van der Waals surface area (Å²) in [4.78, 5) is 50.5. The lowest BCUT2D eigenvalue weighted by Crippen LogP contribution is -2.65. The molecule has 7 nitrogen and oxygen atoms in total. The summed E-state index contributed by atoms with van der Waals surface area (Å²) in [5.74, 6) is -2.44. The van der Waals surface area contributed by atoms with Crippen LogP contribution in [0.1, 0.15) is 66.7 Å². The lowest BCUT2D eigenvalue weighted by Gasteiger charge is -2.61. The quantitative estimate of drug-likeness (QED) is 0.417. The van der Waals surface area contributed by atoms with Gasteiger partial charge >= 0.3 is 11.9 Å². The largest absolute Gasteiger partial charge is 0.457 e. The van der Waals surface area contributed by atoms with E-state index in [1.165, 1.54) is 0 Å². The molecule has 3 fully saturated rings. The average molecular weight is 521 g/mol. The number of carbonyl (C=O) groups excluding carboxylic acids is 4. The molecule has 198 valence electrons. The summed E-state index contributed by atoms with van der Waals surface area (Å²) in [7, 11) is 0. The maximum Gasteiger partial charge on any atom is 0.306 e. The average Bonchev–Trinajstić information content (AvgIpc) is 3.04. The van der Waals surface area contributed by atoms with Gasteiger partial charge in [0.05, 0.1) is 6.10 Å². The van der Waals surface area contributed by atoms with E-state index in [9.17, 15) is 24.3 Å². The Balaban J connectivity index is 1.79. The van der Waals surface area contributed by atoms with Gasteiger partial charge < -0.3 is 14.6 Å². The summed E-state index contributed by atoms with van der Waals surface area (Å²) in [5, 5.41) is 11.4. The highest BCUT2D eigenvalue weighted by Crippen LogP contribution is 2.69. The summed E-state index contributed by atoms with van der Waals surface area (Å²) in [6.07, 6.45) is 5.79. The Morgan fingerprint density at radius 1 is 1.17 bits per heavy atom. The van der Waals surface area contributed by atoms with Gasteiger partial charge in [0.15, 0.2) is 18.0 Å². The minimum atomic E-state index is -1.54. The Kier molecular flexibility index (Phi) is 7.06. The molecular formula is C28H37ClO7. The molecule has 0 radical (unpaired) electrons. The molecule has 9 atom stereocenters. The Morgan fingerprint density at radius 2 is 1.83 bits per heavy atom. The van der Waals surface area contributed by atoms with E-state index in [1.54, 1.807) is 26.0 Å². The fourth-order valence-electron chi connectivity index (χ4n) is 8.04. The highest BCUT2D eigenvalue weighted by atomic mass is 35.5. The number of esters is 2. The topological polar surface area (TPSA) is 107 Å². The summed E-state index contributed by atoms with van der Waals surface area (Å²) in [6, 6.07) is 0. The number of fused-ring (bicyclic) bond motifs is 5. The van der Waals surface area contributed by atoms with Crippen molar-refractivity contribution in [2.24, 2.45) is 34.5 Å². The van der Waals surface area contributed by atoms with Gasteiger partial charge in [-0.15, -0.1) is 11.6 Å². The number of ether oxygens (including phenoxy) is 2. The molecular weight excluding hydrogens is 484 g/mol. The molecule has 0 aromatic heterocycles. The molecule has 8 heteroatoms. The van der Waals surface area contributed by atoms with Crippen LogP contribution in [0.5, 0.6) is 0 Å². The van der Waals surface area contributed by atoms with Gasteiger partial charge in [-0.1, -0.05) is 46.3 Å². The smallest absolute Gasteiger partial charge is 0.306 e. The molecule has 3 saturated carbocycles. The first-order chi connectivity index (χ1) is 16.9. The van der Waals surface area contributed by atoms with E-state index >= 15 is 0 Å². The van der Waals surface area contributed by atoms with E-state index in [2.05, 4.69) is 0 Å². The molecule has 36 heavy (non-hydrogen) atoms. The Bertz CT molecular complexity index is 1030. The van der Waals surface area contributed by atoms with E-state index in [0.29, 0.717) is 12.8 Å². The first-order valence-electron chi connectivity index (χ1n) is 13.0. The molecule has 0 aliphatic heterocycles. The summed E-state index contributed by atoms with van der Waals surface area (Å²) in [5.41, 5.74) is -2.06. The Labute approximate surface area is 217 Å². The van der Waals surface area contributed by atoms with Crippen LogP contribution in [0, 0.1) is 34.5 Å². The van der Waals surface area contributed by atoms with Gasteiger partial charge in [-0.2, -0.15) is 0 Å². The number of halogens is 1. The number of Topliss-reactive ketones (excluding diaryl/α,β-unsaturated/α-hetero) is 1. The van der Waals surface area contributed by atoms with Crippen LogP contribution >= 0.6 is 11.6 Å². The van der Waals surface area contributed by atoms with E-state index in [-0.39, 0.29) is 54.1 Å². The maximum atomic E-state index is 13.9. The van der Waals surface area contributed by atoms with Crippen molar-refractivity contribution in [3.05, 3.63) is 23.8 Å². The van der Waals surface area contributed by atoms with Crippen LogP contribution < -0.4 is 0 Å². The zero-order chi connectivity index (χ0) is 26.6. The summed E-state index contributed by atoms with van der Waals surface area (Å²) >= 11 is 7.04. The lowest BCUT2D eigenvalue weighted by atomic mass is 9.46. The molecule has 0 amide bonds. The van der Waals surface area contributed by atoms with Crippen LogP contribution in [0.4, 0.5) is 0 Å². The van der Waals surface area contributed by atoms with Crippen molar-refractivity contribution >= 4 is 35.1 Å². The van der Waals surface area contributed by atoms with Crippen molar-refractivity contribution in [3.63, 3.8) is 0 Å². The summed E-state index contributed by atoms with van der Waals surface area (Å²) in [6.45, 7) is 8.69. The van der Waals surface area contributed by atoms with Crippen LogP contribution in [-0.4, -0.2) is 52.3 Å². The molecule has 1 N–H and O–H groups in total. The molecule has 0 aromatic rings. The van der Waals surface area contributed by atoms with Crippen molar-refractivity contribution in [3.8, 4) is 0 Å². The molecule has 4 aliphatic carbocycles. The molecule has 0 saturated heterocycles. The lowest BCUT2D eigenvalue weighted by molar-refractivity contribution is -0.205. The van der Waals surface area contributed by atoms with Gasteiger partial charge in [-0.05, 0) is 43.3 Å². The van der Waals surface area contributed by atoms with E-state index in [1.807, 2.05) is 26.8 Å². The zero-order valence-corrected chi connectivity index (χ0v) is 22.5. The standard InChI is InChI=1S/C28H37ClO7/c1-6-22(33)35-14-21(32)28(36-23(34)7-2)15(3)10-18-24-19(29)12-16-11-17(30)8-9-26(16,4)25(24)20(31)13-27(18,28)5/h8-9,11,15,18-20,24-25,31H,6-7,10,12-14H2,1-5H3/t15-,18-,19+,20+,24+,25+,26-,27+,28+/m1/s1. The van der Waals surface area contributed by atoms with Crippen LogP contribution in [0.25, 0.3) is 0 Å². The van der Waals surface area contributed by atoms with E-state index < -0.39 is 46.9 Å².